The van der Waals surface area contributed by atoms with Gasteiger partial charge in [0.25, 0.3) is 0 Å². The van der Waals surface area contributed by atoms with Gasteiger partial charge in [0, 0.05) is 18.0 Å². The normalized spacial score (nSPS) is 17.4. The molecule has 0 saturated carbocycles. The Morgan fingerprint density at radius 1 is 1.17 bits per heavy atom. The van der Waals surface area contributed by atoms with E-state index in [9.17, 15) is 0 Å². The molecule has 1 aliphatic rings. The summed E-state index contributed by atoms with van der Waals surface area (Å²) in [7, 11) is 1.67. The molecule has 1 saturated heterocycles. The SMILES string of the molecule is COc1cc2ncnc(N3CCCC3c3ccccc3)c2cc1Br. The van der Waals surface area contributed by atoms with Gasteiger partial charge in [-0.3, -0.25) is 0 Å². The summed E-state index contributed by atoms with van der Waals surface area (Å²) >= 11 is 3.58. The van der Waals surface area contributed by atoms with E-state index >= 15 is 0 Å². The minimum absolute atomic E-state index is 0.366. The van der Waals surface area contributed by atoms with Gasteiger partial charge in [-0.2, -0.15) is 0 Å². The number of benzene rings is 2. The molecule has 1 aromatic heterocycles. The summed E-state index contributed by atoms with van der Waals surface area (Å²) in [5, 5.41) is 1.05. The summed E-state index contributed by atoms with van der Waals surface area (Å²) in [6, 6.07) is 15.0. The van der Waals surface area contributed by atoms with Gasteiger partial charge in [-0.05, 0) is 40.4 Å². The van der Waals surface area contributed by atoms with E-state index in [0.717, 1.165) is 39.9 Å². The Morgan fingerprint density at radius 2 is 2.00 bits per heavy atom. The minimum Gasteiger partial charge on any atom is -0.495 e. The van der Waals surface area contributed by atoms with Crippen molar-refractivity contribution in [3.05, 3.63) is 58.8 Å². The van der Waals surface area contributed by atoms with E-state index in [0.29, 0.717) is 6.04 Å². The fourth-order valence-electron chi connectivity index (χ4n) is 3.47. The monoisotopic (exact) mass is 383 g/mol. The zero-order valence-corrected chi connectivity index (χ0v) is 15.0. The Bertz CT molecular complexity index is 869. The van der Waals surface area contributed by atoms with Gasteiger partial charge in [0.2, 0.25) is 0 Å². The lowest BCUT2D eigenvalue weighted by molar-refractivity contribution is 0.412. The van der Waals surface area contributed by atoms with Gasteiger partial charge >= 0.3 is 0 Å². The zero-order valence-electron chi connectivity index (χ0n) is 13.4. The number of methoxy groups -OCH3 is 1. The van der Waals surface area contributed by atoms with Crippen molar-refractivity contribution in [1.29, 1.82) is 0 Å². The molecular weight excluding hydrogens is 366 g/mol. The van der Waals surface area contributed by atoms with Gasteiger partial charge in [0.05, 0.1) is 23.1 Å². The molecule has 1 fully saturated rings. The van der Waals surface area contributed by atoms with Crippen molar-refractivity contribution < 1.29 is 4.74 Å². The van der Waals surface area contributed by atoms with Gasteiger partial charge in [-0.25, -0.2) is 9.97 Å². The summed E-state index contributed by atoms with van der Waals surface area (Å²) in [5.41, 5.74) is 2.24. The van der Waals surface area contributed by atoms with E-state index in [-0.39, 0.29) is 0 Å². The molecule has 2 heterocycles. The Hall–Kier alpha value is -2.14. The number of hydrogen-bond donors (Lipinski definition) is 0. The molecule has 0 amide bonds. The predicted octanol–water partition coefficient (Wildman–Crippen LogP) is 4.74. The number of ether oxygens (including phenoxy) is 1. The van der Waals surface area contributed by atoms with E-state index in [1.165, 1.54) is 12.0 Å². The van der Waals surface area contributed by atoms with E-state index in [2.05, 4.69) is 67.2 Å². The molecule has 0 bridgehead atoms. The fourth-order valence-corrected chi connectivity index (χ4v) is 3.98. The van der Waals surface area contributed by atoms with E-state index in [4.69, 9.17) is 4.74 Å². The molecule has 1 atom stereocenters. The van der Waals surface area contributed by atoms with Crippen LogP contribution in [0.15, 0.2) is 53.3 Å². The smallest absolute Gasteiger partial charge is 0.140 e. The number of fused-ring (bicyclic) bond motifs is 1. The Balaban J connectivity index is 1.82. The van der Waals surface area contributed by atoms with Crippen LogP contribution >= 0.6 is 15.9 Å². The van der Waals surface area contributed by atoms with Gasteiger partial charge in [-0.1, -0.05) is 30.3 Å². The van der Waals surface area contributed by atoms with Crippen molar-refractivity contribution in [3.8, 4) is 5.75 Å². The quantitative estimate of drug-likeness (QED) is 0.654. The first-order chi connectivity index (χ1) is 11.8. The van der Waals surface area contributed by atoms with Gasteiger partial charge in [0.15, 0.2) is 0 Å². The Labute approximate surface area is 149 Å². The van der Waals surface area contributed by atoms with Gasteiger partial charge in [-0.15, -0.1) is 0 Å². The lowest BCUT2D eigenvalue weighted by atomic mass is 10.0. The highest BCUT2D eigenvalue weighted by Crippen LogP contribution is 2.39. The van der Waals surface area contributed by atoms with Crippen LogP contribution in [0.4, 0.5) is 5.82 Å². The summed E-state index contributed by atoms with van der Waals surface area (Å²) in [5.74, 6) is 1.78. The van der Waals surface area contributed by atoms with Crippen molar-refractivity contribution in [3.63, 3.8) is 0 Å². The average molecular weight is 384 g/mol. The molecule has 3 aromatic rings. The molecule has 2 aromatic carbocycles. The van der Waals surface area contributed by atoms with Crippen LogP contribution in [0.3, 0.4) is 0 Å². The topological polar surface area (TPSA) is 38.3 Å². The van der Waals surface area contributed by atoms with Crippen LogP contribution in [0.25, 0.3) is 10.9 Å². The maximum absolute atomic E-state index is 5.39. The van der Waals surface area contributed by atoms with Crippen LogP contribution in [-0.4, -0.2) is 23.6 Å². The second-order valence-corrected chi connectivity index (χ2v) is 6.82. The van der Waals surface area contributed by atoms with Crippen molar-refractivity contribution in [2.45, 2.75) is 18.9 Å². The van der Waals surface area contributed by atoms with Crippen LogP contribution in [-0.2, 0) is 0 Å². The van der Waals surface area contributed by atoms with Crippen molar-refractivity contribution in [1.82, 2.24) is 9.97 Å². The first kappa shape index (κ1) is 15.4. The Kier molecular flexibility index (Phi) is 4.10. The van der Waals surface area contributed by atoms with Crippen molar-refractivity contribution in [2.24, 2.45) is 0 Å². The number of hydrogen-bond acceptors (Lipinski definition) is 4. The van der Waals surface area contributed by atoms with Crippen molar-refractivity contribution >= 4 is 32.7 Å². The minimum atomic E-state index is 0.366. The van der Waals surface area contributed by atoms with E-state index in [1.807, 2.05) is 6.07 Å². The fraction of sp³-hybridized carbons (Fsp3) is 0.263. The van der Waals surface area contributed by atoms with E-state index < -0.39 is 0 Å². The molecule has 24 heavy (non-hydrogen) atoms. The molecule has 1 aliphatic heterocycles. The third-order valence-corrected chi connectivity index (χ3v) is 5.22. The lowest BCUT2D eigenvalue weighted by Gasteiger charge is -2.27. The Morgan fingerprint density at radius 3 is 2.79 bits per heavy atom. The number of nitrogens with zero attached hydrogens (tertiary/aromatic N) is 3. The van der Waals surface area contributed by atoms with Crippen molar-refractivity contribution in [2.75, 3.05) is 18.6 Å². The molecule has 0 spiro atoms. The standard InChI is InChI=1S/C19H18BrN3O/c1-24-18-11-16-14(10-15(18)20)19(22-12-21-16)23-9-5-8-17(23)13-6-3-2-4-7-13/h2-4,6-7,10-12,17H,5,8-9H2,1H3. The lowest BCUT2D eigenvalue weighted by Crippen LogP contribution is -2.23. The number of rotatable bonds is 3. The summed E-state index contributed by atoms with van der Waals surface area (Å²) < 4.78 is 6.31. The number of halogens is 1. The summed E-state index contributed by atoms with van der Waals surface area (Å²) in [4.78, 5) is 11.4. The maximum Gasteiger partial charge on any atom is 0.140 e. The summed E-state index contributed by atoms with van der Waals surface area (Å²) in [6.07, 6.45) is 3.96. The zero-order chi connectivity index (χ0) is 16.5. The third-order valence-electron chi connectivity index (χ3n) is 4.60. The molecular formula is C19H18BrN3O. The van der Waals surface area contributed by atoms with Crippen LogP contribution in [0.1, 0.15) is 24.4 Å². The highest BCUT2D eigenvalue weighted by molar-refractivity contribution is 9.10. The molecule has 4 rings (SSSR count). The highest BCUT2D eigenvalue weighted by atomic mass is 79.9. The second kappa shape index (κ2) is 6.40. The van der Waals surface area contributed by atoms with E-state index in [1.54, 1.807) is 13.4 Å². The first-order valence-electron chi connectivity index (χ1n) is 8.08. The van der Waals surface area contributed by atoms with Crippen LogP contribution in [0.5, 0.6) is 5.75 Å². The highest BCUT2D eigenvalue weighted by Gasteiger charge is 2.28. The molecule has 5 heteroatoms. The molecule has 0 radical (unpaired) electrons. The van der Waals surface area contributed by atoms with Gasteiger partial charge in [0.1, 0.15) is 17.9 Å². The first-order valence-corrected chi connectivity index (χ1v) is 8.87. The molecule has 0 aliphatic carbocycles. The third kappa shape index (κ3) is 2.63. The average Bonchev–Trinajstić information content (AvgIpc) is 3.11. The number of aromatic nitrogens is 2. The van der Waals surface area contributed by atoms with Crippen LogP contribution < -0.4 is 9.64 Å². The molecule has 1 unspecified atom stereocenters. The molecule has 122 valence electrons. The molecule has 0 N–H and O–H groups in total. The van der Waals surface area contributed by atoms with Crippen LogP contribution in [0, 0.1) is 0 Å². The largest absolute Gasteiger partial charge is 0.495 e. The predicted molar refractivity (Wildman–Crippen MR) is 99.6 cm³/mol. The van der Waals surface area contributed by atoms with Crippen LogP contribution in [0.2, 0.25) is 0 Å². The number of anilines is 1. The van der Waals surface area contributed by atoms with Gasteiger partial charge < -0.3 is 9.64 Å². The maximum atomic E-state index is 5.39. The molecule has 4 nitrogen and oxygen atoms in total. The summed E-state index contributed by atoms with van der Waals surface area (Å²) in [6.45, 7) is 1.01. The second-order valence-electron chi connectivity index (χ2n) is 5.96.